The van der Waals surface area contributed by atoms with Crippen LogP contribution >= 0.6 is 0 Å². The second kappa shape index (κ2) is 10.6. The summed E-state index contributed by atoms with van der Waals surface area (Å²) >= 11 is 0. The van der Waals surface area contributed by atoms with E-state index in [9.17, 15) is 14.4 Å². The number of hydrogen-bond acceptors (Lipinski definition) is 6. The lowest BCUT2D eigenvalue weighted by Crippen LogP contribution is -2.31. The van der Waals surface area contributed by atoms with Gasteiger partial charge in [0.1, 0.15) is 22.6 Å². The molecule has 2 aromatic carbocycles. The zero-order chi connectivity index (χ0) is 23.1. The molecule has 0 fully saturated rings. The third-order valence-electron chi connectivity index (χ3n) is 4.64. The Bertz CT molecular complexity index is 1160. The van der Waals surface area contributed by atoms with Crippen molar-refractivity contribution in [1.29, 1.82) is 0 Å². The number of rotatable bonds is 9. The van der Waals surface area contributed by atoms with E-state index < -0.39 is 17.5 Å². The number of fused-ring (bicyclic) bond motifs is 1. The molecule has 0 saturated heterocycles. The number of amides is 1. The van der Waals surface area contributed by atoms with E-state index in [-0.39, 0.29) is 29.2 Å². The molecule has 0 aliphatic heterocycles. The van der Waals surface area contributed by atoms with E-state index in [0.717, 1.165) is 11.3 Å². The maximum Gasteiger partial charge on any atom is 0.349 e. The first-order valence-electron chi connectivity index (χ1n) is 10.6. The molecule has 1 aromatic heterocycles. The van der Waals surface area contributed by atoms with E-state index >= 15 is 0 Å². The highest BCUT2D eigenvalue weighted by molar-refractivity contribution is 5.96. The van der Waals surface area contributed by atoms with Crippen LogP contribution in [0.15, 0.2) is 57.7 Å². The molecular weight excluding hydrogens is 410 g/mol. The maximum absolute atomic E-state index is 12.2. The third kappa shape index (κ3) is 6.44. The predicted molar refractivity (Wildman–Crippen MR) is 121 cm³/mol. The molecule has 1 N–H and O–H groups in total. The molecule has 1 heterocycles. The molecular formula is C25H27NO6. The minimum absolute atomic E-state index is 0.0588. The Hall–Kier alpha value is -3.61. The van der Waals surface area contributed by atoms with Gasteiger partial charge in [-0.05, 0) is 55.2 Å². The van der Waals surface area contributed by atoms with Gasteiger partial charge in [0.05, 0.1) is 6.61 Å². The second-order valence-electron chi connectivity index (χ2n) is 7.99. The molecule has 7 heteroatoms. The van der Waals surface area contributed by atoms with Crippen LogP contribution in [0, 0.1) is 12.8 Å². The van der Waals surface area contributed by atoms with Crippen LogP contribution in [0.4, 0.5) is 0 Å². The molecule has 0 spiro atoms. The van der Waals surface area contributed by atoms with E-state index in [1.165, 1.54) is 12.1 Å². The third-order valence-corrected chi connectivity index (χ3v) is 4.64. The maximum atomic E-state index is 12.2. The Morgan fingerprint density at radius 1 is 1.06 bits per heavy atom. The molecule has 168 valence electrons. The van der Waals surface area contributed by atoms with Crippen LogP contribution in [-0.2, 0) is 4.79 Å². The SMILES string of the molecule is Cc1cccc(OCCCC(=O)Oc2ccc3cc(C(=O)NCC(C)C)c(=O)oc3c2)c1. The molecule has 7 nitrogen and oxygen atoms in total. The van der Waals surface area contributed by atoms with Gasteiger partial charge in [0.25, 0.3) is 5.91 Å². The van der Waals surface area contributed by atoms with E-state index in [1.807, 2.05) is 45.0 Å². The Morgan fingerprint density at radius 2 is 1.88 bits per heavy atom. The van der Waals surface area contributed by atoms with Crippen molar-refractivity contribution < 1.29 is 23.5 Å². The molecule has 3 aromatic rings. The van der Waals surface area contributed by atoms with Crippen LogP contribution in [0.1, 0.15) is 42.6 Å². The minimum atomic E-state index is -0.740. The Balaban J connectivity index is 1.56. The topological polar surface area (TPSA) is 94.8 Å². The summed E-state index contributed by atoms with van der Waals surface area (Å²) in [7, 11) is 0. The molecule has 1 amide bonds. The summed E-state index contributed by atoms with van der Waals surface area (Å²) in [6, 6.07) is 13.9. The summed E-state index contributed by atoms with van der Waals surface area (Å²) in [5.41, 5.74) is 0.545. The largest absolute Gasteiger partial charge is 0.494 e. The molecule has 0 aliphatic carbocycles. The number of carbonyl (C=O) groups excluding carboxylic acids is 2. The van der Waals surface area contributed by atoms with Crippen LogP contribution < -0.4 is 20.4 Å². The summed E-state index contributed by atoms with van der Waals surface area (Å²) in [6.45, 7) is 6.76. The average molecular weight is 437 g/mol. The molecule has 0 bridgehead atoms. The van der Waals surface area contributed by atoms with E-state index in [4.69, 9.17) is 13.9 Å². The van der Waals surface area contributed by atoms with Gasteiger partial charge in [-0.1, -0.05) is 26.0 Å². The van der Waals surface area contributed by atoms with Gasteiger partial charge in [-0.25, -0.2) is 4.79 Å². The molecule has 0 atom stereocenters. The van der Waals surface area contributed by atoms with Gasteiger partial charge in [0.2, 0.25) is 0 Å². The molecule has 0 unspecified atom stereocenters. The lowest BCUT2D eigenvalue weighted by molar-refractivity contribution is -0.134. The van der Waals surface area contributed by atoms with Crippen LogP contribution in [-0.4, -0.2) is 25.0 Å². The van der Waals surface area contributed by atoms with Crippen molar-refractivity contribution in [2.75, 3.05) is 13.2 Å². The molecule has 32 heavy (non-hydrogen) atoms. The van der Waals surface area contributed by atoms with Crippen LogP contribution in [0.5, 0.6) is 11.5 Å². The summed E-state index contributed by atoms with van der Waals surface area (Å²) in [4.78, 5) is 36.6. The lowest BCUT2D eigenvalue weighted by Gasteiger charge is -2.09. The Kier molecular flexibility index (Phi) is 7.65. The van der Waals surface area contributed by atoms with Crippen molar-refractivity contribution in [1.82, 2.24) is 5.32 Å². The first-order valence-corrected chi connectivity index (χ1v) is 10.6. The summed E-state index contributed by atoms with van der Waals surface area (Å²) in [5.74, 6) is 0.405. The fourth-order valence-corrected chi connectivity index (χ4v) is 3.00. The van der Waals surface area contributed by atoms with Crippen molar-refractivity contribution in [3.8, 4) is 11.5 Å². The molecule has 0 saturated carbocycles. The highest BCUT2D eigenvalue weighted by Crippen LogP contribution is 2.21. The molecule has 0 radical (unpaired) electrons. The summed E-state index contributed by atoms with van der Waals surface area (Å²) in [5, 5.41) is 3.26. The highest BCUT2D eigenvalue weighted by Gasteiger charge is 2.15. The fourth-order valence-electron chi connectivity index (χ4n) is 3.00. The van der Waals surface area contributed by atoms with E-state index in [1.54, 1.807) is 12.1 Å². The summed E-state index contributed by atoms with van der Waals surface area (Å²) < 4.78 is 16.2. The first kappa shape index (κ1) is 23.1. The number of aryl methyl sites for hydroxylation is 1. The van der Waals surface area contributed by atoms with Gasteiger partial charge in [0.15, 0.2) is 0 Å². The zero-order valence-electron chi connectivity index (χ0n) is 18.5. The van der Waals surface area contributed by atoms with Crippen molar-refractivity contribution in [3.63, 3.8) is 0 Å². The van der Waals surface area contributed by atoms with Gasteiger partial charge >= 0.3 is 11.6 Å². The van der Waals surface area contributed by atoms with Gasteiger partial charge < -0.3 is 19.2 Å². The lowest BCUT2D eigenvalue weighted by atomic mass is 10.1. The minimum Gasteiger partial charge on any atom is -0.494 e. The van der Waals surface area contributed by atoms with E-state index in [0.29, 0.717) is 25.0 Å². The van der Waals surface area contributed by atoms with Gasteiger partial charge in [0, 0.05) is 24.4 Å². The number of carbonyl (C=O) groups is 2. The summed E-state index contributed by atoms with van der Waals surface area (Å²) in [6.07, 6.45) is 0.688. The second-order valence-corrected chi connectivity index (χ2v) is 7.99. The standard InChI is InChI=1S/C25H27NO6/c1-16(2)15-26-24(28)21-13-18-9-10-20(14-22(18)32-25(21)29)31-23(27)8-5-11-30-19-7-4-6-17(3)12-19/h4,6-7,9-10,12-14,16H,5,8,11,15H2,1-3H3,(H,26,28). The number of esters is 1. The van der Waals surface area contributed by atoms with Crippen LogP contribution in [0.2, 0.25) is 0 Å². The molecule has 0 aliphatic rings. The van der Waals surface area contributed by atoms with Gasteiger partial charge in [-0.3, -0.25) is 9.59 Å². The smallest absolute Gasteiger partial charge is 0.349 e. The highest BCUT2D eigenvalue weighted by atomic mass is 16.5. The average Bonchev–Trinajstić information content (AvgIpc) is 2.74. The Labute approximate surface area is 186 Å². The van der Waals surface area contributed by atoms with Gasteiger partial charge in [-0.15, -0.1) is 0 Å². The first-order chi connectivity index (χ1) is 15.3. The normalized spacial score (nSPS) is 10.9. The Morgan fingerprint density at radius 3 is 2.62 bits per heavy atom. The number of hydrogen-bond donors (Lipinski definition) is 1. The quantitative estimate of drug-likeness (QED) is 0.233. The van der Waals surface area contributed by atoms with Crippen molar-refractivity contribution >= 4 is 22.8 Å². The number of ether oxygens (including phenoxy) is 2. The predicted octanol–water partition coefficient (Wildman–Crippen LogP) is 4.25. The number of benzene rings is 2. The monoisotopic (exact) mass is 437 g/mol. The van der Waals surface area contributed by atoms with Crippen LogP contribution in [0.3, 0.4) is 0 Å². The van der Waals surface area contributed by atoms with Crippen molar-refractivity contribution in [2.45, 2.75) is 33.6 Å². The fraction of sp³-hybridized carbons (Fsp3) is 0.320. The van der Waals surface area contributed by atoms with Crippen LogP contribution in [0.25, 0.3) is 11.0 Å². The van der Waals surface area contributed by atoms with Crippen molar-refractivity contribution in [3.05, 3.63) is 70.1 Å². The van der Waals surface area contributed by atoms with Crippen molar-refractivity contribution in [2.24, 2.45) is 5.92 Å². The number of nitrogens with one attached hydrogen (secondary N) is 1. The molecule has 3 rings (SSSR count). The van der Waals surface area contributed by atoms with E-state index in [2.05, 4.69) is 5.32 Å². The zero-order valence-corrected chi connectivity index (χ0v) is 18.5. The van der Waals surface area contributed by atoms with Gasteiger partial charge in [-0.2, -0.15) is 0 Å².